The van der Waals surface area contributed by atoms with Gasteiger partial charge in [0.15, 0.2) is 6.61 Å². The topological polar surface area (TPSA) is 73.9 Å². The maximum Gasteiger partial charge on any atom is 0.331 e. The lowest BCUT2D eigenvalue weighted by Crippen LogP contribution is -2.20. The molecule has 6 nitrogen and oxygen atoms in total. The maximum absolute atomic E-state index is 12.0. The second kappa shape index (κ2) is 10.3. The normalized spacial score (nSPS) is 10.5. The summed E-state index contributed by atoms with van der Waals surface area (Å²) in [5.74, 6) is -0.0353. The third-order valence-electron chi connectivity index (χ3n) is 3.55. The van der Waals surface area contributed by atoms with E-state index < -0.39 is 18.5 Å². The van der Waals surface area contributed by atoms with Gasteiger partial charge in [-0.1, -0.05) is 12.1 Å². The highest BCUT2D eigenvalue weighted by Crippen LogP contribution is 2.28. The van der Waals surface area contributed by atoms with Crippen LogP contribution in [0, 0.1) is 0 Å². The molecule has 2 aromatic carbocycles. The zero-order chi connectivity index (χ0) is 19.6. The molecule has 0 aliphatic heterocycles. The molecule has 0 heterocycles. The zero-order valence-corrected chi connectivity index (χ0v) is 16.2. The molecule has 0 aliphatic rings. The van der Waals surface area contributed by atoms with Gasteiger partial charge in [-0.25, -0.2) is 4.79 Å². The number of hydrogen-bond donors (Lipinski definition) is 1. The number of carbonyl (C=O) groups excluding carboxylic acids is 2. The van der Waals surface area contributed by atoms with Crippen LogP contribution in [0.5, 0.6) is 11.5 Å². The van der Waals surface area contributed by atoms with Gasteiger partial charge in [-0.3, -0.25) is 4.79 Å². The number of benzene rings is 2. The Morgan fingerprint density at radius 1 is 1.07 bits per heavy atom. The molecule has 0 fully saturated rings. The lowest BCUT2D eigenvalue weighted by atomic mass is 10.2. The van der Waals surface area contributed by atoms with E-state index in [0.29, 0.717) is 17.2 Å². The van der Waals surface area contributed by atoms with Crippen LogP contribution in [0.25, 0.3) is 6.08 Å². The summed E-state index contributed by atoms with van der Waals surface area (Å²) < 4.78 is 15.3. The molecular weight excluding hydrogens is 366 g/mol. The van der Waals surface area contributed by atoms with Crippen LogP contribution in [0.2, 0.25) is 0 Å². The summed E-state index contributed by atoms with van der Waals surface area (Å²) >= 11 is 1.64. The maximum atomic E-state index is 12.0. The summed E-state index contributed by atoms with van der Waals surface area (Å²) in [6.45, 7) is -0.408. The van der Waals surface area contributed by atoms with Crippen molar-refractivity contribution in [2.45, 2.75) is 4.90 Å². The molecule has 0 unspecified atom stereocenters. The van der Waals surface area contributed by atoms with Gasteiger partial charge < -0.3 is 19.5 Å². The van der Waals surface area contributed by atoms with Crippen LogP contribution in [0.1, 0.15) is 5.56 Å². The molecular formula is C20H21NO5S. The molecule has 0 bridgehead atoms. The van der Waals surface area contributed by atoms with Crippen molar-refractivity contribution in [2.24, 2.45) is 0 Å². The predicted molar refractivity (Wildman–Crippen MR) is 106 cm³/mol. The van der Waals surface area contributed by atoms with E-state index in [1.807, 2.05) is 30.5 Å². The molecule has 7 heteroatoms. The summed E-state index contributed by atoms with van der Waals surface area (Å²) in [6, 6.07) is 12.7. The molecule has 1 N–H and O–H groups in total. The van der Waals surface area contributed by atoms with E-state index in [1.165, 1.54) is 20.3 Å². The summed E-state index contributed by atoms with van der Waals surface area (Å²) in [4.78, 5) is 24.9. The van der Waals surface area contributed by atoms with E-state index in [4.69, 9.17) is 14.2 Å². The van der Waals surface area contributed by atoms with E-state index in [-0.39, 0.29) is 0 Å². The first-order valence-corrected chi connectivity index (χ1v) is 9.29. The highest BCUT2D eigenvalue weighted by atomic mass is 32.2. The first-order chi connectivity index (χ1) is 13.0. The average Bonchev–Trinajstić information content (AvgIpc) is 2.71. The fourth-order valence-corrected chi connectivity index (χ4v) is 2.57. The van der Waals surface area contributed by atoms with Crippen LogP contribution in [0.15, 0.2) is 53.4 Å². The minimum absolute atomic E-state index is 0.408. The first kappa shape index (κ1) is 20.4. The van der Waals surface area contributed by atoms with E-state index in [9.17, 15) is 9.59 Å². The van der Waals surface area contributed by atoms with Gasteiger partial charge in [0.25, 0.3) is 5.91 Å². The molecule has 1 amide bonds. The zero-order valence-electron chi connectivity index (χ0n) is 15.4. The average molecular weight is 387 g/mol. The van der Waals surface area contributed by atoms with Crippen molar-refractivity contribution in [1.29, 1.82) is 0 Å². The lowest BCUT2D eigenvalue weighted by Gasteiger charge is -2.11. The van der Waals surface area contributed by atoms with Crippen LogP contribution >= 0.6 is 11.8 Å². The number of methoxy groups -OCH3 is 2. The molecule has 0 aliphatic carbocycles. The molecule has 0 radical (unpaired) electrons. The number of anilines is 1. The smallest absolute Gasteiger partial charge is 0.331 e. The molecule has 0 saturated heterocycles. The third kappa shape index (κ3) is 6.38. The number of hydrogen-bond acceptors (Lipinski definition) is 6. The Morgan fingerprint density at radius 2 is 1.81 bits per heavy atom. The van der Waals surface area contributed by atoms with Crippen molar-refractivity contribution in [1.82, 2.24) is 0 Å². The third-order valence-corrected chi connectivity index (χ3v) is 4.30. The SMILES string of the molecule is COc1ccc(OC)c(NC(=O)COC(=O)/C=C/c2ccc(SC)cc2)c1. The van der Waals surface area contributed by atoms with Crippen LogP contribution in [0.3, 0.4) is 0 Å². The van der Waals surface area contributed by atoms with Gasteiger partial charge in [0, 0.05) is 17.0 Å². The van der Waals surface area contributed by atoms with Crippen LogP contribution in [0.4, 0.5) is 5.69 Å². The second-order valence-corrected chi connectivity index (χ2v) is 6.21. The quantitative estimate of drug-likeness (QED) is 0.424. The molecule has 0 saturated carbocycles. The number of carbonyl (C=O) groups is 2. The van der Waals surface area contributed by atoms with Crippen molar-refractivity contribution in [3.8, 4) is 11.5 Å². The second-order valence-electron chi connectivity index (χ2n) is 5.33. The van der Waals surface area contributed by atoms with Gasteiger partial charge in [0.1, 0.15) is 11.5 Å². The van der Waals surface area contributed by atoms with Crippen molar-refractivity contribution < 1.29 is 23.8 Å². The Kier molecular flexibility index (Phi) is 7.76. The standard InChI is InChI=1S/C20H21NO5S/c1-24-15-7-10-18(25-2)17(12-15)21-19(22)13-26-20(23)11-6-14-4-8-16(27-3)9-5-14/h4-12H,13H2,1-3H3,(H,21,22)/b11-6+. The predicted octanol–water partition coefficient (Wildman–Crippen LogP) is 3.62. The van der Waals surface area contributed by atoms with E-state index in [1.54, 1.807) is 36.0 Å². The van der Waals surface area contributed by atoms with Gasteiger partial charge in [-0.05, 0) is 42.2 Å². The summed E-state index contributed by atoms with van der Waals surface area (Å²) in [7, 11) is 3.02. The largest absolute Gasteiger partial charge is 0.497 e. The van der Waals surface area contributed by atoms with Crippen LogP contribution in [-0.4, -0.2) is 39.0 Å². The monoisotopic (exact) mass is 387 g/mol. The fraction of sp³-hybridized carbons (Fsp3) is 0.200. The van der Waals surface area contributed by atoms with E-state index in [0.717, 1.165) is 10.5 Å². The Labute approximate surface area is 162 Å². The number of nitrogens with one attached hydrogen (secondary N) is 1. The highest BCUT2D eigenvalue weighted by molar-refractivity contribution is 7.98. The van der Waals surface area contributed by atoms with Crippen molar-refractivity contribution >= 4 is 35.4 Å². The Morgan fingerprint density at radius 3 is 2.44 bits per heavy atom. The van der Waals surface area contributed by atoms with Gasteiger partial charge >= 0.3 is 5.97 Å². The molecule has 2 aromatic rings. The summed E-state index contributed by atoms with van der Waals surface area (Å²) in [5, 5.41) is 2.63. The fourth-order valence-electron chi connectivity index (χ4n) is 2.16. The first-order valence-electron chi connectivity index (χ1n) is 8.06. The van der Waals surface area contributed by atoms with E-state index >= 15 is 0 Å². The lowest BCUT2D eigenvalue weighted by molar-refractivity contribution is -0.142. The molecule has 2 rings (SSSR count). The van der Waals surface area contributed by atoms with Gasteiger partial charge in [0.05, 0.1) is 19.9 Å². The van der Waals surface area contributed by atoms with Gasteiger partial charge in [0.2, 0.25) is 0 Å². The van der Waals surface area contributed by atoms with Gasteiger partial charge in [-0.15, -0.1) is 11.8 Å². The number of ether oxygens (including phenoxy) is 3. The molecule has 0 aromatic heterocycles. The Bertz CT molecular complexity index is 818. The minimum Gasteiger partial charge on any atom is -0.497 e. The molecule has 27 heavy (non-hydrogen) atoms. The Balaban J connectivity index is 1.87. The van der Waals surface area contributed by atoms with Crippen molar-refractivity contribution in [3.63, 3.8) is 0 Å². The van der Waals surface area contributed by atoms with Crippen molar-refractivity contribution in [2.75, 3.05) is 32.4 Å². The molecule has 142 valence electrons. The van der Waals surface area contributed by atoms with Crippen LogP contribution in [-0.2, 0) is 14.3 Å². The van der Waals surface area contributed by atoms with Gasteiger partial charge in [-0.2, -0.15) is 0 Å². The number of esters is 1. The van der Waals surface area contributed by atoms with E-state index in [2.05, 4.69) is 5.32 Å². The number of rotatable bonds is 8. The minimum atomic E-state index is -0.600. The molecule has 0 spiro atoms. The molecule has 0 atom stereocenters. The summed E-state index contributed by atoms with van der Waals surface area (Å²) in [5.41, 5.74) is 1.30. The van der Waals surface area contributed by atoms with Crippen LogP contribution < -0.4 is 14.8 Å². The highest BCUT2D eigenvalue weighted by Gasteiger charge is 2.10. The van der Waals surface area contributed by atoms with Crippen molar-refractivity contribution in [3.05, 3.63) is 54.1 Å². The number of thioether (sulfide) groups is 1. The summed E-state index contributed by atoms with van der Waals surface area (Å²) in [6.07, 6.45) is 4.91. The Hall–Kier alpha value is -2.93. The number of amides is 1.